The molecule has 0 aliphatic carbocycles. The zero-order valence-electron chi connectivity index (χ0n) is 10.1. The zero-order chi connectivity index (χ0) is 13.9. The van der Waals surface area contributed by atoms with Crippen LogP contribution in [0, 0.1) is 11.2 Å². The Morgan fingerprint density at radius 3 is 2.56 bits per heavy atom. The number of nitrogens with one attached hydrogen (secondary N) is 1. The van der Waals surface area contributed by atoms with Crippen LogP contribution in [0.3, 0.4) is 0 Å². The molecule has 1 N–H and O–H groups in total. The van der Waals surface area contributed by atoms with Gasteiger partial charge in [-0.3, -0.25) is 4.79 Å². The van der Waals surface area contributed by atoms with Crippen LogP contribution in [0.2, 0.25) is 5.15 Å². The molecule has 18 heavy (non-hydrogen) atoms. The van der Waals surface area contributed by atoms with Gasteiger partial charge in [0.25, 0.3) is 5.91 Å². The molecule has 0 saturated heterocycles. The maximum Gasteiger partial charge on any atom is 0.337 e. The number of carbonyl (C=O) groups is 2. The molecule has 7 heteroatoms. The number of amides is 1. The van der Waals surface area contributed by atoms with Crippen LogP contribution in [0.5, 0.6) is 0 Å². The van der Waals surface area contributed by atoms with Crippen molar-refractivity contribution in [1.29, 1.82) is 0 Å². The van der Waals surface area contributed by atoms with Crippen LogP contribution >= 0.6 is 11.6 Å². The summed E-state index contributed by atoms with van der Waals surface area (Å²) in [6, 6.07) is 0.898. The van der Waals surface area contributed by atoms with Crippen molar-refractivity contribution in [3.63, 3.8) is 0 Å². The first-order chi connectivity index (χ1) is 8.21. The summed E-state index contributed by atoms with van der Waals surface area (Å²) in [5, 5.41) is -0.335. The van der Waals surface area contributed by atoms with E-state index in [2.05, 4.69) is 9.82 Å². The SMILES string of the molecule is CC(C)(C)C(=O)ONC(=O)c1cnc(Cl)c(F)c1. The molecule has 1 aromatic heterocycles. The number of pyridine rings is 1. The third-order valence-corrected chi connectivity index (χ3v) is 2.19. The summed E-state index contributed by atoms with van der Waals surface area (Å²) in [5.74, 6) is -2.22. The first-order valence-electron chi connectivity index (χ1n) is 5.04. The first kappa shape index (κ1) is 14.4. The van der Waals surface area contributed by atoms with Crippen molar-refractivity contribution in [3.05, 3.63) is 28.8 Å². The summed E-state index contributed by atoms with van der Waals surface area (Å²) in [6.45, 7) is 4.89. The Labute approximate surface area is 108 Å². The van der Waals surface area contributed by atoms with Crippen molar-refractivity contribution >= 4 is 23.5 Å². The van der Waals surface area contributed by atoms with Gasteiger partial charge in [0.1, 0.15) is 0 Å². The van der Waals surface area contributed by atoms with E-state index in [4.69, 9.17) is 11.6 Å². The third-order valence-electron chi connectivity index (χ3n) is 1.91. The highest BCUT2D eigenvalue weighted by Crippen LogP contribution is 2.15. The van der Waals surface area contributed by atoms with Gasteiger partial charge in [-0.05, 0) is 26.8 Å². The predicted molar refractivity (Wildman–Crippen MR) is 62.2 cm³/mol. The van der Waals surface area contributed by atoms with E-state index in [0.29, 0.717) is 0 Å². The second-order valence-electron chi connectivity index (χ2n) is 4.57. The van der Waals surface area contributed by atoms with Crippen molar-refractivity contribution in [3.8, 4) is 0 Å². The summed E-state index contributed by atoms with van der Waals surface area (Å²) in [7, 11) is 0. The van der Waals surface area contributed by atoms with Crippen molar-refractivity contribution in [2.75, 3.05) is 0 Å². The minimum Gasteiger partial charge on any atom is -0.340 e. The quantitative estimate of drug-likeness (QED) is 0.629. The van der Waals surface area contributed by atoms with E-state index in [1.807, 2.05) is 5.48 Å². The molecule has 0 atom stereocenters. The largest absolute Gasteiger partial charge is 0.340 e. The molecule has 5 nitrogen and oxygen atoms in total. The molecule has 0 bridgehead atoms. The van der Waals surface area contributed by atoms with E-state index in [0.717, 1.165) is 12.3 Å². The highest BCUT2D eigenvalue weighted by atomic mass is 35.5. The van der Waals surface area contributed by atoms with Crippen LogP contribution in [0.1, 0.15) is 31.1 Å². The van der Waals surface area contributed by atoms with E-state index in [1.165, 1.54) is 0 Å². The van der Waals surface area contributed by atoms with E-state index in [1.54, 1.807) is 20.8 Å². The number of rotatable bonds is 1. The van der Waals surface area contributed by atoms with Crippen molar-refractivity contribution in [2.24, 2.45) is 5.41 Å². The minimum atomic E-state index is -0.827. The molecule has 1 amide bonds. The summed E-state index contributed by atoms with van der Waals surface area (Å²) in [4.78, 5) is 30.9. The molecule has 1 aromatic rings. The van der Waals surface area contributed by atoms with Crippen LogP contribution in [0.15, 0.2) is 12.3 Å². The molecule has 98 valence electrons. The number of carbonyl (C=O) groups excluding carboxylic acids is 2. The van der Waals surface area contributed by atoms with Gasteiger partial charge in [-0.25, -0.2) is 14.2 Å². The van der Waals surface area contributed by atoms with Gasteiger partial charge in [-0.1, -0.05) is 11.6 Å². The lowest BCUT2D eigenvalue weighted by Crippen LogP contribution is -2.33. The number of nitrogens with zero attached hydrogens (tertiary/aromatic N) is 1. The Hall–Kier alpha value is -1.69. The van der Waals surface area contributed by atoms with Crippen molar-refractivity contribution in [1.82, 2.24) is 10.5 Å². The van der Waals surface area contributed by atoms with Gasteiger partial charge in [0.15, 0.2) is 11.0 Å². The van der Waals surface area contributed by atoms with Gasteiger partial charge >= 0.3 is 5.97 Å². The Bertz CT molecular complexity index is 486. The Kier molecular flexibility index (Phi) is 4.24. The fraction of sp³-hybridized carbons (Fsp3) is 0.364. The van der Waals surface area contributed by atoms with Gasteiger partial charge in [-0.15, -0.1) is 0 Å². The zero-order valence-corrected chi connectivity index (χ0v) is 10.8. The van der Waals surface area contributed by atoms with Gasteiger partial charge in [-0.2, -0.15) is 5.48 Å². The standard InChI is InChI=1S/C11H12ClFN2O3/c1-11(2,3)10(17)18-15-9(16)6-4-7(13)8(12)14-5-6/h4-5H,1-3H3,(H,15,16). The van der Waals surface area contributed by atoms with Gasteiger partial charge in [0.05, 0.1) is 11.0 Å². The average molecular weight is 275 g/mol. The molecule has 0 aliphatic heterocycles. The van der Waals surface area contributed by atoms with E-state index >= 15 is 0 Å². The summed E-state index contributed by atoms with van der Waals surface area (Å²) in [6.07, 6.45) is 1.08. The minimum absolute atomic E-state index is 0.0985. The highest BCUT2D eigenvalue weighted by molar-refractivity contribution is 6.29. The van der Waals surface area contributed by atoms with Crippen LogP contribution in [-0.4, -0.2) is 16.9 Å². The molecule has 0 aromatic carbocycles. The Balaban J connectivity index is 2.66. The van der Waals surface area contributed by atoms with Gasteiger partial charge in [0, 0.05) is 6.20 Å². The number of hydroxylamine groups is 1. The first-order valence-corrected chi connectivity index (χ1v) is 5.42. The fourth-order valence-electron chi connectivity index (χ4n) is 0.850. The molecule has 0 spiro atoms. The lowest BCUT2D eigenvalue weighted by molar-refractivity contribution is -0.158. The maximum absolute atomic E-state index is 13.0. The number of aromatic nitrogens is 1. The summed E-state index contributed by atoms with van der Waals surface area (Å²) in [5.41, 5.74) is 1.06. The highest BCUT2D eigenvalue weighted by Gasteiger charge is 2.24. The number of hydrogen-bond acceptors (Lipinski definition) is 4. The number of halogens is 2. The molecule has 0 unspecified atom stereocenters. The average Bonchev–Trinajstić information content (AvgIpc) is 2.27. The van der Waals surface area contributed by atoms with E-state index in [9.17, 15) is 14.0 Å². The molecule has 0 fully saturated rings. The van der Waals surface area contributed by atoms with Gasteiger partial charge < -0.3 is 4.84 Å². The number of hydrogen-bond donors (Lipinski definition) is 1. The monoisotopic (exact) mass is 274 g/mol. The predicted octanol–water partition coefficient (Wildman–Crippen LogP) is 2.11. The maximum atomic E-state index is 13.0. The fourth-order valence-corrected chi connectivity index (χ4v) is 0.953. The molecular weight excluding hydrogens is 263 g/mol. The molecule has 1 heterocycles. The second-order valence-corrected chi connectivity index (χ2v) is 4.93. The molecule has 0 saturated carbocycles. The summed E-state index contributed by atoms with van der Waals surface area (Å²) >= 11 is 5.37. The van der Waals surface area contributed by atoms with Crippen LogP contribution in [0.25, 0.3) is 0 Å². The molecular formula is C11H12ClFN2O3. The van der Waals surface area contributed by atoms with E-state index < -0.39 is 23.1 Å². The van der Waals surface area contributed by atoms with E-state index in [-0.39, 0.29) is 10.7 Å². The van der Waals surface area contributed by atoms with Crippen LogP contribution in [-0.2, 0) is 9.63 Å². The molecule has 0 aliphatic rings. The normalized spacial score (nSPS) is 10.9. The Morgan fingerprint density at radius 2 is 2.06 bits per heavy atom. The lowest BCUT2D eigenvalue weighted by Gasteiger charge is -2.15. The van der Waals surface area contributed by atoms with Crippen LogP contribution < -0.4 is 5.48 Å². The molecule has 1 rings (SSSR count). The Morgan fingerprint density at radius 1 is 1.44 bits per heavy atom. The van der Waals surface area contributed by atoms with Crippen molar-refractivity contribution < 1.29 is 18.8 Å². The molecule has 0 radical (unpaired) electrons. The van der Waals surface area contributed by atoms with Crippen molar-refractivity contribution in [2.45, 2.75) is 20.8 Å². The van der Waals surface area contributed by atoms with Crippen LogP contribution in [0.4, 0.5) is 4.39 Å². The van der Waals surface area contributed by atoms with Gasteiger partial charge in [0.2, 0.25) is 0 Å². The summed E-state index contributed by atoms with van der Waals surface area (Å²) < 4.78 is 13.0. The lowest BCUT2D eigenvalue weighted by atomic mass is 9.98. The third kappa shape index (κ3) is 3.66. The second kappa shape index (κ2) is 5.30. The topological polar surface area (TPSA) is 68.3 Å². The smallest absolute Gasteiger partial charge is 0.337 e.